The Bertz CT molecular complexity index is 803. The summed E-state index contributed by atoms with van der Waals surface area (Å²) in [5.41, 5.74) is 3.58. The molecule has 0 atom stereocenters. The van der Waals surface area contributed by atoms with Gasteiger partial charge < -0.3 is 24.6 Å². The van der Waals surface area contributed by atoms with Crippen LogP contribution in [0.15, 0.2) is 42.5 Å². The molecule has 1 saturated heterocycles. The second-order valence-corrected chi connectivity index (χ2v) is 7.29. The van der Waals surface area contributed by atoms with Gasteiger partial charge in [-0.15, -0.1) is 0 Å². The highest BCUT2D eigenvalue weighted by Crippen LogP contribution is 2.32. The third-order valence-corrected chi connectivity index (χ3v) is 5.28. The van der Waals surface area contributed by atoms with Crippen LogP contribution in [0.1, 0.15) is 11.1 Å². The van der Waals surface area contributed by atoms with Crippen LogP contribution in [0, 0.1) is 6.92 Å². The zero-order chi connectivity index (χ0) is 17.9. The Morgan fingerprint density at radius 1 is 1.12 bits per heavy atom. The SMILES string of the molecule is Cc1cccc(NC(=S)N2CC[NH+](Cc3ccc4c(c3)OCO4)CC2)c1. The van der Waals surface area contributed by atoms with Crippen molar-refractivity contribution in [3.05, 3.63) is 53.6 Å². The number of hydrogen-bond donors (Lipinski definition) is 2. The fourth-order valence-electron chi connectivity index (χ4n) is 3.47. The third-order valence-electron chi connectivity index (χ3n) is 4.92. The Hall–Kier alpha value is -2.31. The molecule has 0 amide bonds. The number of nitrogens with zero attached hydrogens (tertiary/aromatic N) is 1. The minimum Gasteiger partial charge on any atom is -0.454 e. The molecule has 0 aromatic heterocycles. The van der Waals surface area contributed by atoms with Crippen molar-refractivity contribution in [2.75, 3.05) is 38.3 Å². The van der Waals surface area contributed by atoms with E-state index >= 15 is 0 Å². The van der Waals surface area contributed by atoms with Gasteiger partial charge in [0.15, 0.2) is 16.6 Å². The maximum absolute atomic E-state index is 5.60. The predicted octanol–water partition coefficient (Wildman–Crippen LogP) is 1.82. The Morgan fingerprint density at radius 3 is 2.73 bits per heavy atom. The van der Waals surface area contributed by atoms with Gasteiger partial charge in [0.1, 0.15) is 6.54 Å². The molecule has 0 saturated carbocycles. The highest BCUT2D eigenvalue weighted by atomic mass is 32.1. The zero-order valence-electron chi connectivity index (χ0n) is 15.0. The van der Waals surface area contributed by atoms with Gasteiger partial charge >= 0.3 is 0 Å². The molecule has 0 radical (unpaired) electrons. The standard InChI is InChI=1S/C20H23N3O2S/c1-15-3-2-4-17(11-15)21-20(26)23-9-7-22(8-10-23)13-16-5-6-18-19(12-16)25-14-24-18/h2-6,11-12H,7-10,13-14H2,1H3,(H,21,26)/p+1. The summed E-state index contributed by atoms with van der Waals surface area (Å²) in [5, 5.41) is 4.18. The summed E-state index contributed by atoms with van der Waals surface area (Å²) in [7, 11) is 0. The number of rotatable bonds is 3. The number of hydrogen-bond acceptors (Lipinski definition) is 3. The van der Waals surface area contributed by atoms with E-state index in [0.717, 1.165) is 55.0 Å². The van der Waals surface area contributed by atoms with Gasteiger partial charge in [0.2, 0.25) is 6.79 Å². The van der Waals surface area contributed by atoms with E-state index in [1.165, 1.54) is 11.1 Å². The third kappa shape index (κ3) is 3.92. The highest BCUT2D eigenvalue weighted by molar-refractivity contribution is 7.80. The minimum absolute atomic E-state index is 0.329. The van der Waals surface area contributed by atoms with Gasteiger partial charge in [0.25, 0.3) is 0 Å². The largest absolute Gasteiger partial charge is 0.454 e. The van der Waals surface area contributed by atoms with Gasteiger partial charge in [-0.3, -0.25) is 0 Å². The van der Waals surface area contributed by atoms with Crippen molar-refractivity contribution in [3.63, 3.8) is 0 Å². The van der Waals surface area contributed by atoms with Crippen LogP contribution in [-0.4, -0.2) is 43.0 Å². The van der Waals surface area contributed by atoms with Crippen LogP contribution in [0.2, 0.25) is 0 Å². The Labute approximate surface area is 159 Å². The molecule has 0 unspecified atom stereocenters. The lowest BCUT2D eigenvalue weighted by molar-refractivity contribution is -0.917. The molecule has 2 aromatic rings. The van der Waals surface area contributed by atoms with Gasteiger partial charge in [0, 0.05) is 11.3 Å². The van der Waals surface area contributed by atoms with Crippen LogP contribution < -0.4 is 19.7 Å². The molecule has 0 aliphatic carbocycles. The molecular weight excluding hydrogens is 346 g/mol. The summed E-state index contributed by atoms with van der Waals surface area (Å²) in [6.45, 7) is 7.51. The van der Waals surface area contributed by atoms with Crippen molar-refractivity contribution in [3.8, 4) is 11.5 Å². The summed E-state index contributed by atoms with van der Waals surface area (Å²) in [6.07, 6.45) is 0. The molecule has 2 aliphatic rings. The number of quaternary nitrogens is 1. The normalized spacial score (nSPS) is 16.6. The van der Waals surface area contributed by atoms with Crippen LogP contribution >= 0.6 is 12.2 Å². The maximum atomic E-state index is 5.60. The summed E-state index contributed by atoms with van der Waals surface area (Å²) in [5.74, 6) is 1.71. The van der Waals surface area contributed by atoms with Crippen LogP contribution in [0.25, 0.3) is 0 Å². The van der Waals surface area contributed by atoms with Crippen molar-refractivity contribution in [1.29, 1.82) is 0 Å². The fraction of sp³-hybridized carbons (Fsp3) is 0.350. The van der Waals surface area contributed by atoms with E-state index < -0.39 is 0 Å². The molecule has 4 rings (SSSR count). The summed E-state index contributed by atoms with van der Waals surface area (Å²) < 4.78 is 10.9. The van der Waals surface area contributed by atoms with Crippen LogP contribution in [0.5, 0.6) is 11.5 Å². The van der Waals surface area contributed by atoms with Crippen LogP contribution in [-0.2, 0) is 6.54 Å². The average molecular weight is 370 g/mol. The molecular formula is C20H24N3O2S+. The molecule has 5 nitrogen and oxygen atoms in total. The Balaban J connectivity index is 1.29. The number of anilines is 1. The first-order valence-electron chi connectivity index (χ1n) is 9.02. The molecule has 2 N–H and O–H groups in total. The fourth-order valence-corrected chi connectivity index (χ4v) is 3.77. The lowest BCUT2D eigenvalue weighted by atomic mass is 10.1. The van der Waals surface area contributed by atoms with E-state index in [1.807, 2.05) is 12.1 Å². The molecule has 1 fully saturated rings. The van der Waals surface area contributed by atoms with Crippen LogP contribution in [0.4, 0.5) is 5.69 Å². The van der Waals surface area contributed by atoms with Crippen LogP contribution in [0.3, 0.4) is 0 Å². The molecule has 2 aliphatic heterocycles. The number of benzene rings is 2. The molecule has 136 valence electrons. The number of piperazine rings is 1. The number of thiocarbonyl (C=S) groups is 1. The number of aryl methyl sites for hydroxylation is 1. The lowest BCUT2D eigenvalue weighted by Crippen LogP contribution is -3.13. The molecule has 2 aromatic carbocycles. The molecule has 0 bridgehead atoms. The van der Waals surface area contributed by atoms with E-state index in [4.69, 9.17) is 21.7 Å². The topological polar surface area (TPSA) is 38.2 Å². The number of ether oxygens (including phenoxy) is 2. The number of nitrogens with one attached hydrogen (secondary N) is 2. The summed E-state index contributed by atoms with van der Waals surface area (Å²) >= 11 is 5.60. The van der Waals surface area contributed by atoms with E-state index in [2.05, 4.69) is 47.5 Å². The van der Waals surface area contributed by atoms with Crippen molar-refractivity contribution in [2.24, 2.45) is 0 Å². The summed E-state index contributed by atoms with van der Waals surface area (Å²) in [6, 6.07) is 14.6. The first-order chi connectivity index (χ1) is 12.7. The predicted molar refractivity (Wildman–Crippen MR) is 106 cm³/mol. The molecule has 6 heteroatoms. The van der Waals surface area contributed by atoms with Crippen molar-refractivity contribution >= 4 is 23.0 Å². The molecule has 26 heavy (non-hydrogen) atoms. The van der Waals surface area contributed by atoms with Gasteiger partial charge in [-0.1, -0.05) is 12.1 Å². The quantitative estimate of drug-likeness (QED) is 0.807. The molecule has 2 heterocycles. The van der Waals surface area contributed by atoms with Gasteiger partial charge in [-0.05, 0) is 55.0 Å². The van der Waals surface area contributed by atoms with E-state index in [-0.39, 0.29) is 0 Å². The molecule has 0 spiro atoms. The van der Waals surface area contributed by atoms with E-state index in [9.17, 15) is 0 Å². The second kappa shape index (κ2) is 7.51. The lowest BCUT2D eigenvalue weighted by Gasteiger charge is -2.34. The van der Waals surface area contributed by atoms with Gasteiger partial charge in [-0.2, -0.15) is 0 Å². The van der Waals surface area contributed by atoms with E-state index in [1.54, 1.807) is 4.90 Å². The number of fused-ring (bicyclic) bond motifs is 1. The zero-order valence-corrected chi connectivity index (χ0v) is 15.8. The second-order valence-electron chi connectivity index (χ2n) is 6.90. The Morgan fingerprint density at radius 2 is 1.92 bits per heavy atom. The average Bonchev–Trinajstić information content (AvgIpc) is 3.10. The van der Waals surface area contributed by atoms with Crippen molar-refractivity contribution in [2.45, 2.75) is 13.5 Å². The maximum Gasteiger partial charge on any atom is 0.231 e. The highest BCUT2D eigenvalue weighted by Gasteiger charge is 2.23. The first-order valence-corrected chi connectivity index (χ1v) is 9.43. The monoisotopic (exact) mass is 370 g/mol. The Kier molecular flexibility index (Phi) is 4.95. The van der Waals surface area contributed by atoms with Crippen molar-refractivity contribution in [1.82, 2.24) is 4.90 Å². The van der Waals surface area contributed by atoms with E-state index in [0.29, 0.717) is 6.79 Å². The smallest absolute Gasteiger partial charge is 0.231 e. The first kappa shape index (κ1) is 17.1. The van der Waals surface area contributed by atoms with Crippen molar-refractivity contribution < 1.29 is 14.4 Å². The van der Waals surface area contributed by atoms with Gasteiger partial charge in [-0.25, -0.2) is 0 Å². The summed E-state index contributed by atoms with van der Waals surface area (Å²) in [4.78, 5) is 3.83. The minimum atomic E-state index is 0.329. The van der Waals surface area contributed by atoms with Gasteiger partial charge in [0.05, 0.1) is 26.2 Å².